The van der Waals surface area contributed by atoms with Crippen molar-refractivity contribution in [2.45, 2.75) is 38.5 Å². The second kappa shape index (κ2) is 8.52. The topological polar surface area (TPSA) is 58.6 Å². The van der Waals surface area contributed by atoms with E-state index in [9.17, 15) is 9.59 Å². The SMILES string of the molecule is CC(NC(=O)OCc1ccccc1)C(=O)N1CCCC1c1ccccc1. The van der Waals surface area contributed by atoms with Crippen LogP contribution < -0.4 is 5.32 Å². The fourth-order valence-electron chi connectivity index (χ4n) is 3.30. The van der Waals surface area contributed by atoms with Crippen molar-refractivity contribution in [3.8, 4) is 0 Å². The number of hydrogen-bond acceptors (Lipinski definition) is 3. The standard InChI is InChI=1S/C21H24N2O3/c1-16(22-21(25)26-15-17-9-4-2-5-10-17)20(24)23-14-8-13-19(23)18-11-6-3-7-12-18/h2-7,9-12,16,19H,8,13-15H2,1H3,(H,22,25). The first-order chi connectivity index (χ1) is 12.6. The lowest BCUT2D eigenvalue weighted by atomic mass is 10.0. The first-order valence-corrected chi connectivity index (χ1v) is 8.98. The molecule has 2 atom stereocenters. The van der Waals surface area contributed by atoms with Crippen molar-refractivity contribution in [1.29, 1.82) is 0 Å². The van der Waals surface area contributed by atoms with Crippen LogP contribution in [0.15, 0.2) is 60.7 Å². The van der Waals surface area contributed by atoms with E-state index in [2.05, 4.69) is 5.32 Å². The summed E-state index contributed by atoms with van der Waals surface area (Å²) in [5.41, 5.74) is 2.04. The summed E-state index contributed by atoms with van der Waals surface area (Å²) < 4.78 is 5.20. The fourth-order valence-corrected chi connectivity index (χ4v) is 3.30. The molecule has 5 heteroatoms. The summed E-state index contributed by atoms with van der Waals surface area (Å²) in [6.07, 6.45) is 1.34. The molecule has 2 amide bonds. The first kappa shape index (κ1) is 18.0. The molecule has 2 aromatic rings. The molecule has 0 radical (unpaired) electrons. The maximum Gasteiger partial charge on any atom is 0.408 e. The number of nitrogens with one attached hydrogen (secondary N) is 1. The van der Waals surface area contributed by atoms with E-state index in [0.29, 0.717) is 6.54 Å². The van der Waals surface area contributed by atoms with E-state index in [1.165, 1.54) is 0 Å². The van der Waals surface area contributed by atoms with E-state index in [1.54, 1.807) is 6.92 Å². The summed E-state index contributed by atoms with van der Waals surface area (Å²) in [6.45, 7) is 2.60. The number of likely N-dealkylation sites (tertiary alicyclic amines) is 1. The molecule has 1 fully saturated rings. The number of benzene rings is 2. The minimum Gasteiger partial charge on any atom is -0.445 e. The lowest BCUT2D eigenvalue weighted by Crippen LogP contribution is -2.46. The van der Waals surface area contributed by atoms with Crippen molar-refractivity contribution >= 4 is 12.0 Å². The second-order valence-electron chi connectivity index (χ2n) is 6.53. The predicted molar refractivity (Wildman–Crippen MR) is 99.4 cm³/mol. The van der Waals surface area contributed by atoms with Crippen molar-refractivity contribution in [3.63, 3.8) is 0 Å². The van der Waals surface area contributed by atoms with E-state index in [-0.39, 0.29) is 18.6 Å². The Labute approximate surface area is 154 Å². The van der Waals surface area contributed by atoms with Gasteiger partial charge in [-0.1, -0.05) is 60.7 Å². The van der Waals surface area contributed by atoms with Gasteiger partial charge in [-0.05, 0) is 30.9 Å². The zero-order chi connectivity index (χ0) is 18.4. The Morgan fingerprint density at radius 3 is 2.46 bits per heavy atom. The molecule has 1 aliphatic heterocycles. The van der Waals surface area contributed by atoms with Crippen LogP contribution in [0.2, 0.25) is 0 Å². The molecule has 5 nitrogen and oxygen atoms in total. The van der Waals surface area contributed by atoms with Crippen molar-refractivity contribution in [2.24, 2.45) is 0 Å². The third-order valence-corrected chi connectivity index (χ3v) is 4.64. The Balaban J connectivity index is 1.54. The van der Waals surface area contributed by atoms with Crippen molar-refractivity contribution < 1.29 is 14.3 Å². The van der Waals surface area contributed by atoms with E-state index < -0.39 is 12.1 Å². The van der Waals surface area contributed by atoms with Gasteiger partial charge in [0.05, 0.1) is 6.04 Å². The molecule has 26 heavy (non-hydrogen) atoms. The zero-order valence-corrected chi connectivity index (χ0v) is 14.9. The van der Waals surface area contributed by atoms with Crippen LogP contribution in [0.3, 0.4) is 0 Å². The molecule has 136 valence electrons. The minimum absolute atomic E-state index is 0.0759. The van der Waals surface area contributed by atoms with Crippen molar-refractivity contribution in [1.82, 2.24) is 10.2 Å². The molecule has 0 aromatic heterocycles. The number of carbonyl (C=O) groups is 2. The van der Waals surface area contributed by atoms with Gasteiger partial charge in [-0.2, -0.15) is 0 Å². The molecular formula is C21H24N2O3. The highest BCUT2D eigenvalue weighted by atomic mass is 16.5. The van der Waals surface area contributed by atoms with Gasteiger partial charge in [0.25, 0.3) is 0 Å². The van der Waals surface area contributed by atoms with Gasteiger partial charge >= 0.3 is 6.09 Å². The molecule has 3 rings (SSSR count). The van der Waals surface area contributed by atoms with Crippen LogP contribution in [0, 0.1) is 0 Å². The molecule has 0 bridgehead atoms. The van der Waals surface area contributed by atoms with E-state index in [1.807, 2.05) is 65.6 Å². The van der Waals surface area contributed by atoms with Gasteiger partial charge in [-0.3, -0.25) is 4.79 Å². The number of carbonyl (C=O) groups excluding carboxylic acids is 2. The van der Waals surface area contributed by atoms with Crippen LogP contribution in [0.1, 0.15) is 36.9 Å². The van der Waals surface area contributed by atoms with E-state index in [4.69, 9.17) is 4.74 Å². The Bertz CT molecular complexity index is 733. The molecule has 0 saturated carbocycles. The van der Waals surface area contributed by atoms with Gasteiger partial charge in [0.1, 0.15) is 12.6 Å². The zero-order valence-electron chi connectivity index (χ0n) is 14.9. The van der Waals surface area contributed by atoms with Gasteiger partial charge in [-0.25, -0.2) is 4.79 Å². The third kappa shape index (κ3) is 4.42. The predicted octanol–water partition coefficient (Wildman–Crippen LogP) is 3.67. The van der Waals surface area contributed by atoms with E-state index >= 15 is 0 Å². The van der Waals surface area contributed by atoms with Crippen molar-refractivity contribution in [3.05, 3.63) is 71.8 Å². The van der Waals surface area contributed by atoms with Crippen LogP contribution in [0.4, 0.5) is 4.79 Å². The highest BCUT2D eigenvalue weighted by Crippen LogP contribution is 2.32. The summed E-state index contributed by atoms with van der Waals surface area (Å²) in [4.78, 5) is 26.6. The van der Waals surface area contributed by atoms with E-state index in [0.717, 1.165) is 24.0 Å². The average molecular weight is 352 g/mol. The van der Waals surface area contributed by atoms with Crippen LogP contribution in [-0.2, 0) is 16.1 Å². The van der Waals surface area contributed by atoms with Gasteiger partial charge in [0.15, 0.2) is 0 Å². The first-order valence-electron chi connectivity index (χ1n) is 8.98. The van der Waals surface area contributed by atoms with Gasteiger partial charge in [0, 0.05) is 6.54 Å². The number of alkyl carbamates (subject to hydrolysis) is 1. The summed E-state index contributed by atoms with van der Waals surface area (Å²) in [5.74, 6) is -0.0759. The Kier molecular flexibility index (Phi) is 5.89. The fraction of sp³-hybridized carbons (Fsp3) is 0.333. The summed E-state index contributed by atoms with van der Waals surface area (Å²) in [5, 5.41) is 2.65. The van der Waals surface area contributed by atoms with Crippen LogP contribution in [-0.4, -0.2) is 29.5 Å². The maximum absolute atomic E-state index is 12.8. The number of ether oxygens (including phenoxy) is 1. The molecule has 1 aliphatic rings. The highest BCUT2D eigenvalue weighted by molar-refractivity contribution is 5.85. The molecule has 1 N–H and O–H groups in total. The van der Waals surface area contributed by atoms with Gasteiger partial charge < -0.3 is 15.0 Å². The highest BCUT2D eigenvalue weighted by Gasteiger charge is 2.32. The number of amides is 2. The minimum atomic E-state index is -0.623. The molecule has 1 saturated heterocycles. The smallest absolute Gasteiger partial charge is 0.408 e. The molecule has 2 aromatic carbocycles. The van der Waals surface area contributed by atoms with Crippen LogP contribution in [0.25, 0.3) is 0 Å². The summed E-state index contributed by atoms with van der Waals surface area (Å²) >= 11 is 0. The molecule has 0 aliphatic carbocycles. The average Bonchev–Trinajstić information content (AvgIpc) is 3.17. The maximum atomic E-state index is 12.8. The number of rotatable bonds is 5. The monoisotopic (exact) mass is 352 g/mol. The Morgan fingerprint density at radius 2 is 1.77 bits per heavy atom. The Hall–Kier alpha value is -2.82. The summed E-state index contributed by atoms with van der Waals surface area (Å²) in [7, 11) is 0. The van der Waals surface area contributed by atoms with Gasteiger partial charge in [-0.15, -0.1) is 0 Å². The normalized spacial score (nSPS) is 17.6. The lowest BCUT2D eigenvalue weighted by molar-refractivity contribution is -0.133. The second-order valence-corrected chi connectivity index (χ2v) is 6.53. The largest absolute Gasteiger partial charge is 0.445 e. The van der Waals surface area contributed by atoms with Crippen LogP contribution >= 0.6 is 0 Å². The third-order valence-electron chi connectivity index (χ3n) is 4.64. The lowest BCUT2D eigenvalue weighted by Gasteiger charge is -2.28. The van der Waals surface area contributed by atoms with Crippen LogP contribution in [0.5, 0.6) is 0 Å². The quantitative estimate of drug-likeness (QED) is 0.893. The molecule has 2 unspecified atom stereocenters. The number of nitrogens with zero attached hydrogens (tertiary/aromatic N) is 1. The van der Waals surface area contributed by atoms with Gasteiger partial charge in [0.2, 0.25) is 5.91 Å². The number of hydrogen-bond donors (Lipinski definition) is 1. The Morgan fingerprint density at radius 1 is 1.12 bits per heavy atom. The van der Waals surface area contributed by atoms with Crippen molar-refractivity contribution in [2.75, 3.05) is 6.54 Å². The molecule has 0 spiro atoms. The summed E-state index contributed by atoms with van der Waals surface area (Å²) in [6, 6.07) is 18.9. The molecular weight excluding hydrogens is 328 g/mol. The molecule has 1 heterocycles.